The summed E-state index contributed by atoms with van der Waals surface area (Å²) >= 11 is 0. The summed E-state index contributed by atoms with van der Waals surface area (Å²) in [6, 6.07) is -0.980. The Morgan fingerprint density at radius 1 is 0.963 bits per heavy atom. The van der Waals surface area contributed by atoms with Gasteiger partial charge in [-0.05, 0) is 45.4 Å². The average molecular weight is 765 g/mol. The van der Waals surface area contributed by atoms with Crippen LogP contribution in [0.3, 0.4) is 0 Å². The minimum absolute atomic E-state index is 0.0660. The summed E-state index contributed by atoms with van der Waals surface area (Å²) in [5, 5.41) is 14.0. The summed E-state index contributed by atoms with van der Waals surface area (Å²) in [6.45, 7) is 8.41. The molecule has 0 aromatic carbocycles. The highest BCUT2D eigenvalue weighted by atomic mass is 16.5. The summed E-state index contributed by atoms with van der Waals surface area (Å²) in [5.74, 6) is -4.79. The number of carboxylic acids is 1. The van der Waals surface area contributed by atoms with Crippen molar-refractivity contribution in [2.75, 3.05) is 54.5 Å². The maximum absolute atomic E-state index is 13.9. The molecule has 0 aromatic heterocycles. The standard InChI is InChI=1S/C37H60N6O11/c1-10-23(2)33(26(53-8)20-30(47)42-19-13-14-25(42)34(54-9)24(3)35(51)38-22-32(49)50)40(6)31(48)21-39-36(52)37(4,5)41(7)27(44)15-11-12-18-43-28(45)16-17-29(43)46/h16-17,23-26,33-34H,10-15,18-22H2,1-9H3,(H,38,51)(H,39,52)(H,49,50)/t23-,24+,25-,26+,33-,34+/m0/s1. The molecule has 17 nitrogen and oxygen atoms in total. The quantitative estimate of drug-likeness (QED) is 0.102. The van der Waals surface area contributed by atoms with Gasteiger partial charge < -0.3 is 39.9 Å². The van der Waals surface area contributed by atoms with Gasteiger partial charge in [-0.3, -0.25) is 43.3 Å². The molecule has 2 aliphatic rings. The van der Waals surface area contributed by atoms with Crippen molar-refractivity contribution in [3.05, 3.63) is 12.2 Å². The van der Waals surface area contributed by atoms with Gasteiger partial charge in [0.2, 0.25) is 29.5 Å². The number of imide groups is 1. The molecule has 2 aliphatic heterocycles. The first-order chi connectivity index (χ1) is 25.3. The second kappa shape index (κ2) is 20.9. The van der Waals surface area contributed by atoms with Gasteiger partial charge in [0.15, 0.2) is 0 Å². The zero-order valence-electron chi connectivity index (χ0n) is 33.2. The Morgan fingerprint density at radius 2 is 1.59 bits per heavy atom. The van der Waals surface area contributed by atoms with Crippen LogP contribution >= 0.6 is 0 Å². The van der Waals surface area contributed by atoms with E-state index in [1.807, 2.05) is 13.8 Å². The average Bonchev–Trinajstić information content (AvgIpc) is 3.75. The Morgan fingerprint density at radius 3 is 2.15 bits per heavy atom. The lowest BCUT2D eigenvalue weighted by atomic mass is 9.90. The van der Waals surface area contributed by atoms with Crippen LogP contribution in [-0.4, -0.2) is 156 Å². The molecule has 0 saturated carbocycles. The molecule has 0 unspecified atom stereocenters. The Hall–Kier alpha value is -4.38. The predicted molar refractivity (Wildman–Crippen MR) is 196 cm³/mol. The van der Waals surface area contributed by atoms with E-state index < -0.39 is 66.0 Å². The SMILES string of the molecule is CC[C@H](C)[C@@H]([C@@H](CC(=O)N1CCC[C@H]1[C@H](OC)[C@@H](C)C(=O)NCC(=O)O)OC)N(C)C(=O)CNC(=O)C(C)(C)N(C)C(=O)CCCCN1C(=O)C=CC1=O. The van der Waals surface area contributed by atoms with Crippen molar-refractivity contribution in [3.63, 3.8) is 0 Å². The molecule has 0 radical (unpaired) electrons. The lowest BCUT2D eigenvalue weighted by Gasteiger charge is -2.39. The highest BCUT2D eigenvalue weighted by molar-refractivity contribution is 6.12. The maximum atomic E-state index is 13.9. The topological polar surface area (TPSA) is 212 Å². The fourth-order valence-electron chi connectivity index (χ4n) is 6.98. The molecule has 6 atom stereocenters. The fraction of sp³-hybridized carbons (Fsp3) is 0.730. The van der Waals surface area contributed by atoms with Gasteiger partial charge in [-0.1, -0.05) is 27.2 Å². The molecule has 54 heavy (non-hydrogen) atoms. The van der Waals surface area contributed by atoms with E-state index in [9.17, 15) is 38.4 Å². The van der Waals surface area contributed by atoms with Gasteiger partial charge in [0, 0.05) is 60.0 Å². The van der Waals surface area contributed by atoms with Crippen molar-refractivity contribution in [2.24, 2.45) is 11.8 Å². The number of amides is 7. The number of nitrogens with one attached hydrogen (secondary N) is 2. The number of hydrogen-bond donors (Lipinski definition) is 3. The molecular formula is C37H60N6O11. The number of carboxylic acid groups (broad SMARTS) is 1. The van der Waals surface area contributed by atoms with E-state index in [1.54, 1.807) is 32.7 Å². The first-order valence-electron chi connectivity index (χ1n) is 18.5. The van der Waals surface area contributed by atoms with Crippen molar-refractivity contribution in [1.29, 1.82) is 0 Å². The normalized spacial score (nSPS) is 18.5. The highest BCUT2D eigenvalue weighted by Crippen LogP contribution is 2.29. The van der Waals surface area contributed by atoms with Crippen molar-refractivity contribution < 1.29 is 52.9 Å². The number of nitrogens with zero attached hydrogens (tertiary/aromatic N) is 4. The molecule has 3 N–H and O–H groups in total. The molecule has 7 amide bonds. The molecule has 1 fully saturated rings. The maximum Gasteiger partial charge on any atom is 0.322 e. The highest BCUT2D eigenvalue weighted by Gasteiger charge is 2.42. The van der Waals surface area contributed by atoms with Crippen molar-refractivity contribution >= 4 is 47.3 Å². The van der Waals surface area contributed by atoms with E-state index in [4.69, 9.17) is 14.6 Å². The van der Waals surface area contributed by atoms with Gasteiger partial charge in [0.05, 0.1) is 43.2 Å². The number of aliphatic carboxylic acids is 1. The van der Waals surface area contributed by atoms with E-state index in [2.05, 4.69) is 10.6 Å². The number of carbonyl (C=O) groups excluding carboxylic acids is 7. The third kappa shape index (κ3) is 11.8. The monoisotopic (exact) mass is 764 g/mol. The Kier molecular flexibility index (Phi) is 17.7. The smallest absolute Gasteiger partial charge is 0.322 e. The van der Waals surface area contributed by atoms with E-state index >= 15 is 0 Å². The van der Waals surface area contributed by atoms with Crippen molar-refractivity contribution in [2.45, 2.75) is 109 Å². The number of hydrogen-bond acceptors (Lipinski definition) is 10. The molecule has 2 rings (SSSR count). The van der Waals surface area contributed by atoms with Crippen LogP contribution in [0.25, 0.3) is 0 Å². The molecule has 1 saturated heterocycles. The minimum atomic E-state index is -1.31. The number of ether oxygens (including phenoxy) is 2. The molecule has 0 spiro atoms. The first-order valence-corrected chi connectivity index (χ1v) is 18.5. The van der Waals surface area contributed by atoms with Gasteiger partial charge in [-0.25, -0.2) is 0 Å². The Labute approximate surface area is 318 Å². The zero-order valence-corrected chi connectivity index (χ0v) is 33.2. The summed E-state index contributed by atoms with van der Waals surface area (Å²) in [4.78, 5) is 106. The molecular weight excluding hydrogens is 704 g/mol. The van der Waals surface area contributed by atoms with Crippen LogP contribution in [0.1, 0.15) is 79.6 Å². The second-order valence-electron chi connectivity index (χ2n) is 14.6. The first kappa shape index (κ1) is 45.8. The number of rotatable bonds is 22. The van der Waals surface area contributed by atoms with E-state index in [-0.39, 0.29) is 55.5 Å². The van der Waals surface area contributed by atoms with Gasteiger partial charge in [0.1, 0.15) is 12.1 Å². The second-order valence-corrected chi connectivity index (χ2v) is 14.6. The molecule has 17 heteroatoms. The third-order valence-corrected chi connectivity index (χ3v) is 10.8. The Bertz CT molecular complexity index is 1400. The van der Waals surface area contributed by atoms with Crippen LogP contribution in [0.2, 0.25) is 0 Å². The number of likely N-dealkylation sites (N-methyl/N-ethyl adjacent to an activating group) is 2. The van der Waals surface area contributed by atoms with Crippen LogP contribution in [0.4, 0.5) is 0 Å². The number of likely N-dealkylation sites (tertiary alicyclic amines) is 1. The van der Waals surface area contributed by atoms with Crippen LogP contribution < -0.4 is 10.6 Å². The van der Waals surface area contributed by atoms with Crippen molar-refractivity contribution in [1.82, 2.24) is 30.2 Å². The predicted octanol–water partition coefficient (Wildman–Crippen LogP) is 0.556. The minimum Gasteiger partial charge on any atom is -0.480 e. The molecule has 0 bridgehead atoms. The van der Waals surface area contributed by atoms with Gasteiger partial charge >= 0.3 is 5.97 Å². The third-order valence-electron chi connectivity index (χ3n) is 10.8. The van der Waals surface area contributed by atoms with Crippen molar-refractivity contribution in [3.8, 4) is 0 Å². The summed E-state index contributed by atoms with van der Waals surface area (Å²) in [7, 11) is 6.02. The van der Waals surface area contributed by atoms with Crippen LogP contribution in [0.5, 0.6) is 0 Å². The molecule has 2 heterocycles. The van der Waals surface area contributed by atoms with Gasteiger partial charge in [-0.2, -0.15) is 0 Å². The number of carbonyl (C=O) groups is 8. The van der Waals surface area contributed by atoms with Crippen LogP contribution in [0, 0.1) is 11.8 Å². The summed E-state index contributed by atoms with van der Waals surface area (Å²) in [5.41, 5.74) is -1.31. The van der Waals surface area contributed by atoms with Crippen LogP contribution in [0.15, 0.2) is 12.2 Å². The zero-order chi connectivity index (χ0) is 40.9. The largest absolute Gasteiger partial charge is 0.480 e. The van der Waals surface area contributed by atoms with E-state index in [0.717, 1.165) is 4.90 Å². The van der Waals surface area contributed by atoms with Gasteiger partial charge in [0.25, 0.3) is 11.8 Å². The summed E-state index contributed by atoms with van der Waals surface area (Å²) in [6.07, 6.45) is 3.80. The van der Waals surface area contributed by atoms with Gasteiger partial charge in [-0.15, -0.1) is 0 Å². The molecule has 304 valence electrons. The lowest BCUT2D eigenvalue weighted by molar-refractivity contribution is -0.147. The lowest BCUT2D eigenvalue weighted by Crippen LogP contribution is -2.58. The fourth-order valence-corrected chi connectivity index (χ4v) is 6.98. The van der Waals surface area contributed by atoms with E-state index in [0.29, 0.717) is 38.6 Å². The Balaban J connectivity index is 2.04. The number of methoxy groups -OCH3 is 2. The van der Waals surface area contributed by atoms with E-state index in [1.165, 1.54) is 43.2 Å². The summed E-state index contributed by atoms with van der Waals surface area (Å²) < 4.78 is 11.5. The van der Waals surface area contributed by atoms with Crippen LogP contribution in [-0.2, 0) is 47.8 Å². The number of unbranched alkanes of at least 4 members (excludes halogenated alkanes) is 1. The molecule has 0 aliphatic carbocycles. The molecule has 0 aromatic rings.